The first-order valence-electron chi connectivity index (χ1n) is 15.1. The second-order valence-corrected chi connectivity index (χ2v) is 12.2. The van der Waals surface area contributed by atoms with Crippen molar-refractivity contribution < 1.29 is 9.18 Å². The predicted octanol–water partition coefficient (Wildman–Crippen LogP) is 7.47. The van der Waals surface area contributed by atoms with Gasteiger partial charge in [-0.3, -0.25) is 19.1 Å². The number of carbonyl (C=O) groups excluding carboxylic acids is 1. The summed E-state index contributed by atoms with van der Waals surface area (Å²) in [4.78, 5) is 44.1. The Morgan fingerprint density at radius 2 is 1.49 bits per heavy atom. The molecule has 0 atom stereocenters. The zero-order valence-electron chi connectivity index (χ0n) is 26.0. The van der Waals surface area contributed by atoms with Crippen molar-refractivity contribution in [2.24, 2.45) is 0 Å². The summed E-state index contributed by atoms with van der Waals surface area (Å²) >= 11 is 1.35. The van der Waals surface area contributed by atoms with Crippen molar-refractivity contribution in [3.8, 4) is 16.1 Å². The van der Waals surface area contributed by atoms with E-state index in [0.717, 1.165) is 21.6 Å². The molecular formula is C37H34ClFN4O3S. The third-order valence-corrected chi connectivity index (χ3v) is 9.15. The van der Waals surface area contributed by atoms with Crippen LogP contribution in [-0.4, -0.2) is 27.0 Å². The number of benzene rings is 4. The molecule has 0 saturated heterocycles. The maximum Gasteiger partial charge on any atom is 0.337 e. The maximum atomic E-state index is 15.0. The molecular weight excluding hydrogens is 635 g/mol. The van der Waals surface area contributed by atoms with E-state index in [0.29, 0.717) is 46.7 Å². The van der Waals surface area contributed by atoms with Gasteiger partial charge in [-0.2, -0.15) is 0 Å². The summed E-state index contributed by atoms with van der Waals surface area (Å²) in [5.74, 6) is -0.513. The summed E-state index contributed by atoms with van der Waals surface area (Å²) in [6, 6.07) is 32.7. The minimum Gasteiger partial charge on any atom is -0.326 e. The summed E-state index contributed by atoms with van der Waals surface area (Å²) in [7, 11) is 1.99. The fourth-order valence-corrected chi connectivity index (χ4v) is 6.87. The van der Waals surface area contributed by atoms with Crippen molar-refractivity contribution in [1.82, 2.24) is 14.0 Å². The van der Waals surface area contributed by atoms with Crippen molar-refractivity contribution in [3.63, 3.8) is 0 Å². The predicted molar refractivity (Wildman–Crippen MR) is 190 cm³/mol. The topological polar surface area (TPSA) is 76.3 Å². The van der Waals surface area contributed by atoms with Gasteiger partial charge in [-0.25, -0.2) is 13.8 Å². The van der Waals surface area contributed by atoms with Gasteiger partial charge < -0.3 is 5.32 Å². The lowest BCUT2D eigenvalue weighted by Crippen LogP contribution is -2.39. The van der Waals surface area contributed by atoms with E-state index in [2.05, 4.69) is 22.3 Å². The standard InChI is InChI=1S/C37H33FN4O3S.ClH/c1-3-32(43)39-28-20-18-26(19-21-28)34-30(24-40(2)22-25-12-6-4-7-13-25)33-35(44)42(29-15-8-5-9-16-29)37(45)41(36(33)46-34)23-27-14-10-11-17-31(27)38;/h4-21H,3,22-24H2,1-2H3,(H,39,43);1H. The number of nitrogens with one attached hydrogen (secondary N) is 1. The lowest BCUT2D eigenvalue weighted by molar-refractivity contribution is -0.115. The highest BCUT2D eigenvalue weighted by Crippen LogP contribution is 2.38. The molecule has 0 fully saturated rings. The first kappa shape index (κ1) is 33.5. The lowest BCUT2D eigenvalue weighted by Gasteiger charge is -2.18. The number of anilines is 1. The van der Waals surface area contributed by atoms with Crippen molar-refractivity contribution in [2.75, 3.05) is 12.4 Å². The number of hydrogen-bond donors (Lipinski definition) is 1. The highest BCUT2D eigenvalue weighted by atomic mass is 35.5. The van der Waals surface area contributed by atoms with Gasteiger partial charge in [0.25, 0.3) is 5.56 Å². The van der Waals surface area contributed by atoms with Gasteiger partial charge in [-0.1, -0.05) is 85.8 Å². The van der Waals surface area contributed by atoms with Crippen LogP contribution < -0.4 is 16.6 Å². The van der Waals surface area contributed by atoms with E-state index in [1.165, 1.54) is 26.5 Å². The average Bonchev–Trinajstić information content (AvgIpc) is 3.44. The first-order valence-corrected chi connectivity index (χ1v) is 15.9. The molecule has 7 nitrogen and oxygen atoms in total. The molecule has 0 aliphatic rings. The average molecular weight is 669 g/mol. The largest absolute Gasteiger partial charge is 0.337 e. The second kappa shape index (κ2) is 14.7. The van der Waals surface area contributed by atoms with Gasteiger partial charge >= 0.3 is 5.69 Å². The summed E-state index contributed by atoms with van der Waals surface area (Å²) in [6.07, 6.45) is 0.364. The third kappa shape index (κ3) is 7.12. The zero-order valence-corrected chi connectivity index (χ0v) is 27.6. The zero-order chi connectivity index (χ0) is 32.2. The molecule has 0 spiro atoms. The number of fused-ring (bicyclic) bond motifs is 1. The Labute approximate surface area is 282 Å². The van der Waals surface area contributed by atoms with Crippen LogP contribution in [0.2, 0.25) is 0 Å². The first-order chi connectivity index (χ1) is 22.3. The number of carbonyl (C=O) groups is 1. The molecule has 1 N–H and O–H groups in total. The quantitative estimate of drug-likeness (QED) is 0.164. The number of hydrogen-bond acceptors (Lipinski definition) is 5. The highest BCUT2D eigenvalue weighted by Gasteiger charge is 2.25. The van der Waals surface area contributed by atoms with Crippen molar-refractivity contribution in [2.45, 2.75) is 33.0 Å². The molecule has 0 saturated carbocycles. The van der Waals surface area contributed by atoms with Crippen LogP contribution in [0.3, 0.4) is 0 Å². The molecule has 10 heteroatoms. The molecule has 240 valence electrons. The molecule has 0 aliphatic carbocycles. The van der Waals surface area contributed by atoms with Crippen molar-refractivity contribution in [1.29, 1.82) is 0 Å². The molecule has 47 heavy (non-hydrogen) atoms. The van der Waals surface area contributed by atoms with Gasteiger partial charge in [-0.15, -0.1) is 23.7 Å². The highest BCUT2D eigenvalue weighted by molar-refractivity contribution is 7.22. The Hall–Kier alpha value is -4.83. The third-order valence-electron chi connectivity index (χ3n) is 7.85. The molecule has 0 bridgehead atoms. The Bertz CT molecular complexity index is 2130. The fraction of sp³-hybridized carbons (Fsp3) is 0.162. The second-order valence-electron chi connectivity index (χ2n) is 11.2. The van der Waals surface area contributed by atoms with Gasteiger partial charge in [0.15, 0.2) is 0 Å². The molecule has 2 heterocycles. The molecule has 0 radical (unpaired) electrons. The van der Waals surface area contributed by atoms with Gasteiger partial charge in [-0.05, 0) is 54.1 Å². The van der Waals surface area contributed by atoms with E-state index >= 15 is 0 Å². The maximum absolute atomic E-state index is 15.0. The van der Waals surface area contributed by atoms with Crippen molar-refractivity contribution in [3.05, 3.63) is 153 Å². The summed E-state index contributed by atoms with van der Waals surface area (Å²) in [5.41, 5.74) is 3.24. The number of aromatic nitrogens is 2. The Morgan fingerprint density at radius 3 is 2.15 bits per heavy atom. The monoisotopic (exact) mass is 668 g/mol. The molecule has 1 amide bonds. The number of nitrogens with zero attached hydrogens (tertiary/aromatic N) is 3. The van der Waals surface area contributed by atoms with Crippen molar-refractivity contribution >= 4 is 45.6 Å². The van der Waals surface area contributed by atoms with E-state index in [1.807, 2.05) is 55.6 Å². The molecule has 6 rings (SSSR count). The minimum atomic E-state index is -0.540. The number of para-hydroxylation sites is 1. The summed E-state index contributed by atoms with van der Waals surface area (Å²) in [6.45, 7) is 2.81. The molecule has 4 aromatic carbocycles. The van der Waals surface area contributed by atoms with E-state index in [9.17, 15) is 18.8 Å². The van der Waals surface area contributed by atoms with Crippen LogP contribution in [0.4, 0.5) is 10.1 Å². The minimum absolute atomic E-state index is 0. The fourth-order valence-electron chi connectivity index (χ4n) is 5.57. The van der Waals surface area contributed by atoms with E-state index in [1.54, 1.807) is 49.4 Å². The summed E-state index contributed by atoms with van der Waals surface area (Å²) in [5, 5.41) is 3.30. The van der Waals surface area contributed by atoms with Crippen LogP contribution in [0.5, 0.6) is 0 Å². The summed E-state index contributed by atoms with van der Waals surface area (Å²) < 4.78 is 17.7. The molecule has 0 unspecified atom stereocenters. The van der Waals surface area contributed by atoms with Crippen LogP contribution in [0, 0.1) is 5.82 Å². The molecule has 0 aliphatic heterocycles. The molecule has 6 aromatic rings. The van der Waals surface area contributed by atoms with Gasteiger partial charge in [0.05, 0.1) is 17.6 Å². The van der Waals surface area contributed by atoms with E-state index in [-0.39, 0.29) is 24.9 Å². The van der Waals surface area contributed by atoms with Gasteiger partial charge in [0.1, 0.15) is 10.6 Å². The molecule has 2 aromatic heterocycles. The Kier molecular flexibility index (Phi) is 10.5. The Balaban J connectivity index is 0.00000433. The van der Waals surface area contributed by atoms with Crippen LogP contribution in [0.1, 0.15) is 30.0 Å². The van der Waals surface area contributed by atoms with Crippen LogP contribution in [0.25, 0.3) is 26.3 Å². The van der Waals surface area contributed by atoms with Crippen LogP contribution >= 0.6 is 23.7 Å². The normalized spacial score (nSPS) is 11.1. The number of thiophene rings is 1. The smallest absolute Gasteiger partial charge is 0.326 e. The van der Waals surface area contributed by atoms with Gasteiger partial charge in [0.2, 0.25) is 5.91 Å². The number of rotatable bonds is 10. The van der Waals surface area contributed by atoms with E-state index < -0.39 is 17.1 Å². The number of amides is 1. The van der Waals surface area contributed by atoms with Crippen LogP contribution in [-0.2, 0) is 24.4 Å². The van der Waals surface area contributed by atoms with Crippen LogP contribution in [0.15, 0.2) is 119 Å². The Morgan fingerprint density at radius 1 is 0.851 bits per heavy atom. The van der Waals surface area contributed by atoms with E-state index in [4.69, 9.17) is 0 Å². The number of halogens is 2. The SMILES string of the molecule is CCC(=O)Nc1ccc(-c2sc3c(c2CN(C)Cc2ccccc2)c(=O)n(-c2ccccc2)c(=O)n3Cc2ccccc2F)cc1.Cl. The van der Waals surface area contributed by atoms with Gasteiger partial charge in [0, 0.05) is 35.6 Å². The lowest BCUT2D eigenvalue weighted by atomic mass is 10.1.